The average molecular weight is 371 g/mol. The lowest BCUT2D eigenvalue weighted by atomic mass is 10.1. The Hall–Kier alpha value is -2.54. The molecule has 0 aromatic carbocycles. The lowest BCUT2D eigenvalue weighted by Gasteiger charge is -2.33. The van der Waals surface area contributed by atoms with Gasteiger partial charge in [0.15, 0.2) is 5.96 Å². The van der Waals surface area contributed by atoms with Gasteiger partial charge >= 0.3 is 0 Å². The number of pyridine rings is 1. The summed E-state index contributed by atoms with van der Waals surface area (Å²) in [7, 11) is 3.40. The second-order valence-corrected chi connectivity index (χ2v) is 6.61. The molecule has 7 nitrogen and oxygen atoms in total. The predicted molar refractivity (Wildman–Crippen MR) is 106 cm³/mol. The molecular weight excluding hydrogens is 342 g/mol. The first kappa shape index (κ1) is 19.2. The number of guanidine groups is 1. The Bertz CT molecular complexity index is 711. The molecule has 0 bridgehead atoms. The van der Waals surface area contributed by atoms with Crippen LogP contribution >= 0.6 is 0 Å². The first-order chi connectivity index (χ1) is 13.3. The zero-order chi connectivity index (χ0) is 18.9. The van der Waals surface area contributed by atoms with E-state index in [-0.39, 0.29) is 6.04 Å². The molecule has 3 heterocycles. The SMILES string of the molecule is CN=C(NCc1cccc(OC)n1)NCC(c1ccco1)N1CCCCC1. The fourth-order valence-electron chi connectivity index (χ4n) is 3.38. The number of likely N-dealkylation sites (tertiary alicyclic amines) is 1. The van der Waals surface area contributed by atoms with Crippen LogP contribution in [0, 0.1) is 0 Å². The van der Waals surface area contributed by atoms with Gasteiger partial charge in [0.25, 0.3) is 0 Å². The summed E-state index contributed by atoms with van der Waals surface area (Å²) >= 11 is 0. The molecule has 3 rings (SSSR count). The number of methoxy groups -OCH3 is 1. The first-order valence-corrected chi connectivity index (χ1v) is 9.52. The van der Waals surface area contributed by atoms with Crippen molar-refractivity contribution < 1.29 is 9.15 Å². The van der Waals surface area contributed by atoms with Crippen LogP contribution in [0.4, 0.5) is 0 Å². The van der Waals surface area contributed by atoms with Gasteiger partial charge in [-0.05, 0) is 44.1 Å². The third kappa shape index (κ3) is 5.47. The summed E-state index contributed by atoms with van der Waals surface area (Å²) in [6.07, 6.45) is 5.54. The Morgan fingerprint density at radius 2 is 2.07 bits per heavy atom. The topological polar surface area (TPSA) is 74.9 Å². The van der Waals surface area contributed by atoms with Crippen LogP contribution in [0.25, 0.3) is 0 Å². The molecule has 2 aromatic heterocycles. The van der Waals surface area contributed by atoms with Gasteiger partial charge in [0.2, 0.25) is 5.88 Å². The highest BCUT2D eigenvalue weighted by atomic mass is 16.5. The summed E-state index contributed by atoms with van der Waals surface area (Å²) in [6, 6.07) is 9.94. The highest BCUT2D eigenvalue weighted by Gasteiger charge is 2.24. The van der Waals surface area contributed by atoms with Gasteiger partial charge in [0.1, 0.15) is 5.76 Å². The second-order valence-electron chi connectivity index (χ2n) is 6.61. The number of rotatable bonds is 7. The number of hydrogen-bond acceptors (Lipinski definition) is 5. The van der Waals surface area contributed by atoms with E-state index in [0.29, 0.717) is 12.4 Å². The normalized spacial score (nSPS) is 16.7. The second kappa shape index (κ2) is 9.97. The van der Waals surface area contributed by atoms with Crippen molar-refractivity contribution in [2.24, 2.45) is 4.99 Å². The molecule has 1 aliphatic rings. The molecule has 27 heavy (non-hydrogen) atoms. The highest BCUT2D eigenvalue weighted by Crippen LogP contribution is 2.24. The molecule has 0 aliphatic carbocycles. The zero-order valence-electron chi connectivity index (χ0n) is 16.1. The van der Waals surface area contributed by atoms with Gasteiger partial charge in [0, 0.05) is 19.7 Å². The molecule has 1 unspecified atom stereocenters. The summed E-state index contributed by atoms with van der Waals surface area (Å²) in [4.78, 5) is 11.2. The summed E-state index contributed by atoms with van der Waals surface area (Å²) < 4.78 is 10.9. The molecule has 1 aliphatic heterocycles. The molecule has 1 fully saturated rings. The molecule has 2 aromatic rings. The van der Waals surface area contributed by atoms with Gasteiger partial charge in [-0.2, -0.15) is 0 Å². The van der Waals surface area contributed by atoms with Crippen LogP contribution in [0.15, 0.2) is 46.0 Å². The summed E-state index contributed by atoms with van der Waals surface area (Å²) in [5.74, 6) is 2.35. The number of ether oxygens (including phenoxy) is 1. The number of furan rings is 1. The van der Waals surface area contributed by atoms with Gasteiger partial charge in [-0.3, -0.25) is 9.89 Å². The molecule has 0 amide bonds. The number of piperidine rings is 1. The van der Waals surface area contributed by atoms with E-state index in [4.69, 9.17) is 9.15 Å². The molecule has 146 valence electrons. The van der Waals surface area contributed by atoms with E-state index < -0.39 is 0 Å². The van der Waals surface area contributed by atoms with Gasteiger partial charge in [-0.1, -0.05) is 12.5 Å². The number of aliphatic imine (C=N–C) groups is 1. The predicted octanol–water partition coefficient (Wildman–Crippen LogP) is 2.58. The fraction of sp³-hybridized carbons (Fsp3) is 0.500. The quantitative estimate of drug-likeness (QED) is 0.576. The molecule has 0 radical (unpaired) electrons. The minimum atomic E-state index is 0.203. The maximum Gasteiger partial charge on any atom is 0.213 e. The van der Waals surface area contributed by atoms with Crippen molar-refractivity contribution in [2.45, 2.75) is 31.8 Å². The van der Waals surface area contributed by atoms with Crippen LogP contribution < -0.4 is 15.4 Å². The lowest BCUT2D eigenvalue weighted by molar-refractivity contribution is 0.146. The molecule has 0 spiro atoms. The Morgan fingerprint density at radius 3 is 2.78 bits per heavy atom. The van der Waals surface area contributed by atoms with Crippen molar-refractivity contribution >= 4 is 5.96 Å². The highest BCUT2D eigenvalue weighted by molar-refractivity contribution is 5.79. The van der Waals surface area contributed by atoms with Crippen LogP contribution in [-0.2, 0) is 6.54 Å². The van der Waals surface area contributed by atoms with E-state index >= 15 is 0 Å². The van der Waals surface area contributed by atoms with Crippen molar-refractivity contribution in [1.29, 1.82) is 0 Å². The third-order valence-corrected chi connectivity index (χ3v) is 4.82. The Balaban J connectivity index is 1.57. The van der Waals surface area contributed by atoms with Gasteiger partial charge in [-0.25, -0.2) is 4.98 Å². The number of hydrogen-bond donors (Lipinski definition) is 2. The minimum absolute atomic E-state index is 0.203. The molecular formula is C20H29N5O2. The van der Waals surface area contributed by atoms with E-state index in [2.05, 4.69) is 31.6 Å². The van der Waals surface area contributed by atoms with Crippen molar-refractivity contribution in [3.8, 4) is 5.88 Å². The maximum atomic E-state index is 5.70. The lowest BCUT2D eigenvalue weighted by Crippen LogP contribution is -2.44. The number of aromatic nitrogens is 1. The van der Waals surface area contributed by atoms with Crippen molar-refractivity contribution in [3.63, 3.8) is 0 Å². The van der Waals surface area contributed by atoms with Gasteiger partial charge in [0.05, 0.1) is 31.7 Å². The van der Waals surface area contributed by atoms with Crippen molar-refractivity contribution in [3.05, 3.63) is 48.0 Å². The molecule has 1 saturated heterocycles. The molecule has 2 N–H and O–H groups in total. The van der Waals surface area contributed by atoms with Crippen LogP contribution in [0.2, 0.25) is 0 Å². The standard InChI is InChI=1S/C20H29N5O2/c1-21-20(22-14-16-8-6-10-19(24-16)26-2)23-15-17(18-9-7-13-27-18)25-11-4-3-5-12-25/h6-10,13,17H,3-5,11-12,14-15H2,1-2H3,(H2,21,22,23). The van der Waals surface area contributed by atoms with Crippen molar-refractivity contribution in [2.75, 3.05) is 33.8 Å². The van der Waals surface area contributed by atoms with E-state index in [1.54, 1.807) is 20.4 Å². The van der Waals surface area contributed by atoms with Crippen LogP contribution in [0.1, 0.15) is 36.8 Å². The van der Waals surface area contributed by atoms with E-state index in [0.717, 1.165) is 37.0 Å². The summed E-state index contributed by atoms with van der Waals surface area (Å²) in [5.41, 5.74) is 0.899. The average Bonchev–Trinajstić information content (AvgIpc) is 3.26. The zero-order valence-corrected chi connectivity index (χ0v) is 16.1. The van der Waals surface area contributed by atoms with Crippen LogP contribution in [-0.4, -0.2) is 49.6 Å². The number of nitrogens with one attached hydrogen (secondary N) is 2. The minimum Gasteiger partial charge on any atom is -0.481 e. The van der Waals surface area contributed by atoms with Gasteiger partial charge < -0.3 is 19.8 Å². The van der Waals surface area contributed by atoms with E-state index in [1.165, 1.54) is 19.3 Å². The van der Waals surface area contributed by atoms with Crippen LogP contribution in [0.5, 0.6) is 5.88 Å². The Morgan fingerprint density at radius 1 is 1.22 bits per heavy atom. The largest absolute Gasteiger partial charge is 0.481 e. The summed E-state index contributed by atoms with van der Waals surface area (Å²) in [5, 5.41) is 6.74. The molecule has 1 atom stereocenters. The van der Waals surface area contributed by atoms with E-state index in [9.17, 15) is 0 Å². The Labute approximate surface area is 160 Å². The van der Waals surface area contributed by atoms with Crippen molar-refractivity contribution in [1.82, 2.24) is 20.5 Å². The smallest absolute Gasteiger partial charge is 0.213 e. The Kier molecular flexibility index (Phi) is 7.10. The monoisotopic (exact) mass is 371 g/mol. The first-order valence-electron chi connectivity index (χ1n) is 9.52. The summed E-state index contributed by atoms with van der Waals surface area (Å²) in [6.45, 7) is 3.52. The maximum absolute atomic E-state index is 5.70. The molecule has 7 heteroatoms. The molecule has 0 saturated carbocycles. The third-order valence-electron chi connectivity index (χ3n) is 4.82. The van der Waals surface area contributed by atoms with E-state index in [1.807, 2.05) is 24.3 Å². The fourth-order valence-corrected chi connectivity index (χ4v) is 3.38. The van der Waals surface area contributed by atoms with Crippen LogP contribution in [0.3, 0.4) is 0 Å². The van der Waals surface area contributed by atoms with Gasteiger partial charge in [-0.15, -0.1) is 0 Å². The number of nitrogens with zero attached hydrogens (tertiary/aromatic N) is 3.